The molecule has 2 aromatic rings. The Morgan fingerprint density at radius 3 is 3.00 bits per heavy atom. The Morgan fingerprint density at radius 1 is 1.33 bits per heavy atom. The second-order valence-corrected chi connectivity index (χ2v) is 6.49. The fourth-order valence-corrected chi connectivity index (χ4v) is 3.50. The Labute approximate surface area is 160 Å². The maximum Gasteiger partial charge on any atom is 0.152 e. The average Bonchev–Trinajstić information content (AvgIpc) is 2.72. The molecule has 1 unspecified atom stereocenters. The third-order valence-corrected chi connectivity index (χ3v) is 4.82. The van der Waals surface area contributed by atoms with Crippen molar-refractivity contribution in [2.45, 2.75) is 25.2 Å². The first-order chi connectivity index (χ1) is 13.3. The van der Waals surface area contributed by atoms with Crippen molar-refractivity contribution in [3.05, 3.63) is 90.5 Å². The number of carbonyl (C=O) groups is 1. The van der Waals surface area contributed by atoms with Crippen LogP contribution in [0.2, 0.25) is 0 Å². The minimum atomic E-state index is 0.354. The molecule has 4 heteroatoms. The van der Waals surface area contributed by atoms with Crippen molar-refractivity contribution >= 4 is 12.0 Å². The number of nitrogens with one attached hydrogen (secondary N) is 1. The van der Waals surface area contributed by atoms with E-state index in [4.69, 9.17) is 4.74 Å². The Kier molecular flexibility index (Phi) is 6.21. The Balaban J connectivity index is 1.81. The van der Waals surface area contributed by atoms with E-state index in [0.29, 0.717) is 17.2 Å². The molecule has 138 valence electrons. The van der Waals surface area contributed by atoms with Gasteiger partial charge in [0.2, 0.25) is 0 Å². The molecule has 1 atom stereocenters. The van der Waals surface area contributed by atoms with Crippen LogP contribution in [0.15, 0.2) is 73.8 Å². The standard InChI is InChI=1S/C23H24N2O2/c1-3-7-19(4-2)27-23-11-6-9-20-17(8-5-10-21(20)23)14-25-22-15-24-13-12-18(22)16-26/h3-4,6-7,9,11-13,15-17,25H,1-2,5,8,10,14H2/b19-7+. The predicted molar refractivity (Wildman–Crippen MR) is 109 cm³/mol. The van der Waals surface area contributed by atoms with Crippen LogP contribution in [0.4, 0.5) is 5.69 Å². The van der Waals surface area contributed by atoms with Crippen molar-refractivity contribution in [1.82, 2.24) is 4.98 Å². The van der Waals surface area contributed by atoms with Gasteiger partial charge in [-0.1, -0.05) is 31.4 Å². The largest absolute Gasteiger partial charge is 0.457 e. The lowest BCUT2D eigenvalue weighted by atomic mass is 9.82. The van der Waals surface area contributed by atoms with Crippen molar-refractivity contribution in [3.63, 3.8) is 0 Å². The van der Waals surface area contributed by atoms with Crippen molar-refractivity contribution in [1.29, 1.82) is 0 Å². The Morgan fingerprint density at radius 2 is 2.22 bits per heavy atom. The maximum atomic E-state index is 11.2. The van der Waals surface area contributed by atoms with Gasteiger partial charge in [0.15, 0.2) is 6.29 Å². The first-order valence-corrected chi connectivity index (χ1v) is 9.14. The van der Waals surface area contributed by atoms with Crippen LogP contribution >= 0.6 is 0 Å². The summed E-state index contributed by atoms with van der Waals surface area (Å²) in [4.78, 5) is 15.3. The molecule has 0 aliphatic heterocycles. The Hall–Kier alpha value is -3.14. The number of aromatic nitrogens is 1. The minimum Gasteiger partial charge on any atom is -0.457 e. The number of carbonyl (C=O) groups excluding carboxylic acids is 1. The van der Waals surface area contributed by atoms with Crippen LogP contribution in [-0.2, 0) is 6.42 Å². The van der Waals surface area contributed by atoms with Crippen molar-refractivity contribution < 1.29 is 9.53 Å². The van der Waals surface area contributed by atoms with Crippen LogP contribution in [0.1, 0.15) is 40.2 Å². The fourth-order valence-electron chi connectivity index (χ4n) is 3.50. The molecular formula is C23H24N2O2. The lowest BCUT2D eigenvalue weighted by Gasteiger charge is -2.28. The number of hydrogen-bond acceptors (Lipinski definition) is 4. The molecule has 1 N–H and O–H groups in total. The van der Waals surface area contributed by atoms with Gasteiger partial charge in [0, 0.05) is 24.2 Å². The lowest BCUT2D eigenvalue weighted by molar-refractivity contribution is 0.112. The van der Waals surface area contributed by atoms with E-state index in [2.05, 4.69) is 29.5 Å². The molecule has 1 heterocycles. The zero-order valence-electron chi connectivity index (χ0n) is 15.4. The van der Waals surface area contributed by atoms with E-state index >= 15 is 0 Å². The van der Waals surface area contributed by atoms with Crippen molar-refractivity contribution in [2.24, 2.45) is 0 Å². The first-order valence-electron chi connectivity index (χ1n) is 9.14. The summed E-state index contributed by atoms with van der Waals surface area (Å²) in [5.41, 5.74) is 3.94. The maximum absolute atomic E-state index is 11.2. The van der Waals surface area contributed by atoms with Gasteiger partial charge in [0.05, 0.1) is 11.9 Å². The molecule has 3 rings (SSSR count). The van der Waals surface area contributed by atoms with Crippen molar-refractivity contribution in [2.75, 3.05) is 11.9 Å². The highest BCUT2D eigenvalue weighted by molar-refractivity contribution is 5.83. The molecule has 0 radical (unpaired) electrons. The number of pyridine rings is 1. The number of fused-ring (bicyclic) bond motifs is 1. The SMILES string of the molecule is C=C/C=C(\C=C)Oc1cccc2c1CCCC2CNc1cnccc1C=O. The van der Waals surface area contributed by atoms with Gasteiger partial charge in [-0.2, -0.15) is 0 Å². The highest BCUT2D eigenvalue weighted by Gasteiger charge is 2.23. The average molecular weight is 360 g/mol. The van der Waals surface area contributed by atoms with E-state index < -0.39 is 0 Å². The smallest absolute Gasteiger partial charge is 0.152 e. The third kappa shape index (κ3) is 4.34. The second-order valence-electron chi connectivity index (χ2n) is 6.49. The van der Waals surface area contributed by atoms with Gasteiger partial charge in [-0.25, -0.2) is 0 Å². The molecule has 0 fully saturated rings. The number of anilines is 1. The summed E-state index contributed by atoms with van der Waals surface area (Å²) in [6, 6.07) is 7.92. The molecule has 1 aromatic heterocycles. The summed E-state index contributed by atoms with van der Waals surface area (Å²) in [5, 5.41) is 3.39. The van der Waals surface area contributed by atoms with Crippen LogP contribution in [0, 0.1) is 0 Å². The summed E-state index contributed by atoms with van der Waals surface area (Å²) in [6.07, 6.45) is 12.5. The summed E-state index contributed by atoms with van der Waals surface area (Å²) >= 11 is 0. The number of allylic oxidation sites excluding steroid dienone is 3. The van der Waals surface area contributed by atoms with E-state index in [1.54, 1.807) is 36.7 Å². The molecule has 27 heavy (non-hydrogen) atoms. The summed E-state index contributed by atoms with van der Waals surface area (Å²) in [6.45, 7) is 8.26. The zero-order valence-corrected chi connectivity index (χ0v) is 15.4. The van der Waals surface area contributed by atoms with Gasteiger partial charge in [-0.05, 0) is 54.7 Å². The number of nitrogens with zero attached hydrogens (tertiary/aromatic N) is 1. The minimum absolute atomic E-state index is 0.354. The zero-order chi connectivity index (χ0) is 19.1. The number of aldehydes is 1. The molecule has 0 saturated heterocycles. The number of hydrogen-bond donors (Lipinski definition) is 1. The van der Waals surface area contributed by atoms with Gasteiger partial charge in [0.1, 0.15) is 11.5 Å². The van der Waals surface area contributed by atoms with Crippen LogP contribution in [0.25, 0.3) is 0 Å². The Bertz CT molecular complexity index is 870. The quantitative estimate of drug-likeness (QED) is 0.406. The highest BCUT2D eigenvalue weighted by atomic mass is 16.5. The second kappa shape index (κ2) is 8.99. The van der Waals surface area contributed by atoms with Crippen LogP contribution in [0.5, 0.6) is 5.75 Å². The fraction of sp³-hybridized carbons (Fsp3) is 0.217. The molecule has 1 aromatic carbocycles. The monoisotopic (exact) mass is 360 g/mol. The molecule has 1 aliphatic rings. The third-order valence-electron chi connectivity index (χ3n) is 4.82. The first kappa shape index (κ1) is 18.6. The van der Waals surface area contributed by atoms with E-state index in [1.807, 2.05) is 12.1 Å². The molecule has 1 aliphatic carbocycles. The number of rotatable bonds is 8. The van der Waals surface area contributed by atoms with Crippen molar-refractivity contribution in [3.8, 4) is 5.75 Å². The topological polar surface area (TPSA) is 51.2 Å². The lowest BCUT2D eigenvalue weighted by Crippen LogP contribution is -2.19. The van der Waals surface area contributed by atoms with E-state index in [0.717, 1.165) is 43.5 Å². The molecule has 0 amide bonds. The molecule has 0 bridgehead atoms. The summed E-state index contributed by atoms with van der Waals surface area (Å²) in [7, 11) is 0. The normalized spacial score (nSPS) is 16.1. The number of ether oxygens (including phenoxy) is 1. The van der Waals surface area contributed by atoms with Gasteiger partial charge < -0.3 is 10.1 Å². The van der Waals surface area contributed by atoms with Crippen LogP contribution in [0.3, 0.4) is 0 Å². The number of benzene rings is 1. The summed E-state index contributed by atoms with van der Waals surface area (Å²) < 4.78 is 6.05. The van der Waals surface area contributed by atoms with Crippen LogP contribution in [-0.4, -0.2) is 17.8 Å². The van der Waals surface area contributed by atoms with Gasteiger partial charge in [-0.3, -0.25) is 9.78 Å². The van der Waals surface area contributed by atoms with Gasteiger partial charge >= 0.3 is 0 Å². The molecule has 0 saturated carbocycles. The van der Waals surface area contributed by atoms with E-state index in [1.165, 1.54) is 11.1 Å². The van der Waals surface area contributed by atoms with E-state index in [-0.39, 0.29) is 0 Å². The van der Waals surface area contributed by atoms with Gasteiger partial charge in [0.25, 0.3) is 0 Å². The predicted octanol–water partition coefficient (Wildman–Crippen LogP) is 5.06. The molecule has 4 nitrogen and oxygen atoms in total. The molecule has 0 spiro atoms. The summed E-state index contributed by atoms with van der Waals surface area (Å²) in [5.74, 6) is 1.91. The van der Waals surface area contributed by atoms with Crippen LogP contribution < -0.4 is 10.1 Å². The highest BCUT2D eigenvalue weighted by Crippen LogP contribution is 2.37. The van der Waals surface area contributed by atoms with Gasteiger partial charge in [-0.15, -0.1) is 0 Å². The van der Waals surface area contributed by atoms with E-state index in [9.17, 15) is 4.79 Å². The molecular weight excluding hydrogens is 336 g/mol.